The standard InChI is InChI=1S/C10H11N2O/c1-7(6-13)8-4-2-3-5-9(8)10(11)12/h2-5,7H,1H3,(H3,11,12). The number of rotatable bonds is 3. The van der Waals surface area contributed by atoms with Gasteiger partial charge in [-0.15, -0.1) is 0 Å². The molecular weight excluding hydrogens is 164 g/mol. The molecule has 1 radical (unpaired) electrons. The molecule has 3 N–H and O–H groups in total. The molecule has 0 fully saturated rings. The van der Waals surface area contributed by atoms with Gasteiger partial charge in [0.05, 0.1) is 0 Å². The van der Waals surface area contributed by atoms with Crippen molar-refractivity contribution in [2.24, 2.45) is 5.73 Å². The minimum Gasteiger partial charge on any atom is -0.384 e. The second-order valence-corrected chi connectivity index (χ2v) is 2.84. The fourth-order valence-electron chi connectivity index (χ4n) is 1.18. The van der Waals surface area contributed by atoms with E-state index in [0.29, 0.717) is 5.56 Å². The molecule has 0 aromatic heterocycles. The fraction of sp³-hybridized carbons (Fsp3) is 0.200. The molecule has 1 atom stereocenters. The highest BCUT2D eigenvalue weighted by atomic mass is 16.1. The van der Waals surface area contributed by atoms with Crippen molar-refractivity contribution in [2.75, 3.05) is 0 Å². The van der Waals surface area contributed by atoms with Crippen molar-refractivity contribution < 1.29 is 4.79 Å². The molecule has 3 heteroatoms. The third-order valence-corrected chi connectivity index (χ3v) is 1.89. The van der Waals surface area contributed by atoms with Crippen LogP contribution in [0.1, 0.15) is 24.0 Å². The minimum absolute atomic E-state index is 0.0160. The number of nitrogens with two attached hydrogens (primary N) is 1. The van der Waals surface area contributed by atoms with Crippen LogP contribution in [0.25, 0.3) is 0 Å². The van der Waals surface area contributed by atoms with Crippen LogP contribution in [-0.4, -0.2) is 12.1 Å². The van der Waals surface area contributed by atoms with E-state index in [9.17, 15) is 4.79 Å². The van der Waals surface area contributed by atoms with Crippen LogP contribution in [0.3, 0.4) is 0 Å². The summed E-state index contributed by atoms with van der Waals surface area (Å²) in [6, 6.07) is 7.12. The normalized spacial score (nSPS) is 12.1. The van der Waals surface area contributed by atoms with Crippen molar-refractivity contribution in [2.45, 2.75) is 12.8 Å². The molecule has 0 amide bonds. The molecule has 1 rings (SSSR count). The van der Waals surface area contributed by atoms with Gasteiger partial charge in [0.1, 0.15) is 5.84 Å². The maximum Gasteiger partial charge on any atom is 0.206 e. The Morgan fingerprint density at radius 1 is 1.54 bits per heavy atom. The molecule has 13 heavy (non-hydrogen) atoms. The summed E-state index contributed by atoms with van der Waals surface area (Å²) in [5.74, 6) is -0.349. The smallest absolute Gasteiger partial charge is 0.206 e. The summed E-state index contributed by atoms with van der Waals surface area (Å²) in [5.41, 5.74) is 6.72. The maximum atomic E-state index is 10.4. The summed E-state index contributed by atoms with van der Waals surface area (Å²) in [5, 5.41) is 7.29. The van der Waals surface area contributed by atoms with Crippen LogP contribution in [0.4, 0.5) is 0 Å². The van der Waals surface area contributed by atoms with E-state index in [1.165, 1.54) is 0 Å². The molecule has 0 aliphatic carbocycles. The molecule has 3 nitrogen and oxygen atoms in total. The van der Waals surface area contributed by atoms with E-state index in [1.54, 1.807) is 25.1 Å². The molecule has 0 saturated carbocycles. The molecule has 1 aromatic rings. The van der Waals surface area contributed by atoms with E-state index < -0.39 is 0 Å². The average molecular weight is 175 g/mol. The third-order valence-electron chi connectivity index (χ3n) is 1.89. The third kappa shape index (κ3) is 1.93. The predicted octanol–water partition coefficient (Wildman–Crippen LogP) is 1.18. The number of hydrogen-bond acceptors (Lipinski definition) is 2. The van der Waals surface area contributed by atoms with Gasteiger partial charge in [0, 0.05) is 11.5 Å². The molecule has 0 saturated heterocycles. The molecule has 1 unspecified atom stereocenters. The Kier molecular flexibility index (Phi) is 2.80. The fourth-order valence-corrected chi connectivity index (χ4v) is 1.18. The number of hydrogen-bond donors (Lipinski definition) is 2. The second kappa shape index (κ2) is 3.85. The van der Waals surface area contributed by atoms with E-state index in [-0.39, 0.29) is 11.8 Å². The van der Waals surface area contributed by atoms with E-state index >= 15 is 0 Å². The number of nitrogen functional groups attached to an aromatic ring is 1. The van der Waals surface area contributed by atoms with Gasteiger partial charge in [-0.25, -0.2) is 0 Å². The first-order valence-electron chi connectivity index (χ1n) is 3.97. The minimum atomic E-state index is -0.333. The number of carbonyl (C=O) groups excluding carboxylic acids is 1. The van der Waals surface area contributed by atoms with Gasteiger partial charge in [-0.05, 0) is 5.56 Å². The molecule has 0 bridgehead atoms. The van der Waals surface area contributed by atoms with Crippen LogP contribution in [0.5, 0.6) is 0 Å². The van der Waals surface area contributed by atoms with Crippen molar-refractivity contribution in [3.05, 3.63) is 35.4 Å². The largest absolute Gasteiger partial charge is 0.384 e. The zero-order valence-electron chi connectivity index (χ0n) is 7.37. The first-order valence-corrected chi connectivity index (χ1v) is 3.97. The Hall–Kier alpha value is -1.64. The topological polar surface area (TPSA) is 66.9 Å². The van der Waals surface area contributed by atoms with Crippen LogP contribution >= 0.6 is 0 Å². The number of amidine groups is 1. The Morgan fingerprint density at radius 2 is 2.15 bits per heavy atom. The molecule has 0 aliphatic rings. The van der Waals surface area contributed by atoms with Gasteiger partial charge in [0.25, 0.3) is 0 Å². The van der Waals surface area contributed by atoms with Crippen molar-refractivity contribution in [3.63, 3.8) is 0 Å². The summed E-state index contributed by atoms with van der Waals surface area (Å²) in [4.78, 5) is 10.4. The van der Waals surface area contributed by atoms with Crippen molar-refractivity contribution in [1.29, 1.82) is 5.41 Å². The van der Waals surface area contributed by atoms with Gasteiger partial charge in [-0.2, -0.15) is 0 Å². The highest BCUT2D eigenvalue weighted by Gasteiger charge is 2.10. The van der Waals surface area contributed by atoms with Gasteiger partial charge in [0.2, 0.25) is 6.29 Å². The van der Waals surface area contributed by atoms with E-state index in [0.717, 1.165) is 5.56 Å². The van der Waals surface area contributed by atoms with Gasteiger partial charge >= 0.3 is 0 Å². The van der Waals surface area contributed by atoms with Gasteiger partial charge in [-0.3, -0.25) is 10.2 Å². The van der Waals surface area contributed by atoms with Crippen LogP contribution in [-0.2, 0) is 4.79 Å². The van der Waals surface area contributed by atoms with Crippen LogP contribution < -0.4 is 5.73 Å². The van der Waals surface area contributed by atoms with Gasteiger partial charge in [0.15, 0.2) is 0 Å². The average Bonchev–Trinajstić information content (AvgIpc) is 2.16. The van der Waals surface area contributed by atoms with Crippen LogP contribution in [0.15, 0.2) is 24.3 Å². The van der Waals surface area contributed by atoms with Crippen molar-refractivity contribution >= 4 is 12.1 Å². The summed E-state index contributed by atoms with van der Waals surface area (Å²) < 4.78 is 0. The quantitative estimate of drug-likeness (QED) is 0.535. The lowest BCUT2D eigenvalue weighted by atomic mass is 9.96. The summed E-state index contributed by atoms with van der Waals surface area (Å²) >= 11 is 0. The highest BCUT2D eigenvalue weighted by molar-refractivity contribution is 5.97. The lowest BCUT2D eigenvalue weighted by Crippen LogP contribution is -2.15. The SMILES string of the molecule is CC([C]=O)c1ccccc1C(=N)N. The molecule has 1 aromatic carbocycles. The van der Waals surface area contributed by atoms with E-state index in [4.69, 9.17) is 11.1 Å². The number of nitrogens with one attached hydrogen (secondary N) is 1. The first-order chi connectivity index (χ1) is 6.16. The zero-order chi connectivity index (χ0) is 9.84. The van der Waals surface area contributed by atoms with Crippen molar-refractivity contribution in [3.8, 4) is 0 Å². The Balaban J connectivity index is 3.19. The van der Waals surface area contributed by atoms with E-state index in [2.05, 4.69) is 0 Å². The van der Waals surface area contributed by atoms with Crippen molar-refractivity contribution in [1.82, 2.24) is 0 Å². The lowest BCUT2D eigenvalue weighted by molar-refractivity contribution is 0.546. The molecule has 0 aliphatic heterocycles. The van der Waals surface area contributed by atoms with Gasteiger partial charge < -0.3 is 5.73 Å². The monoisotopic (exact) mass is 175 g/mol. The van der Waals surface area contributed by atoms with Crippen LogP contribution in [0, 0.1) is 5.41 Å². The molecule has 67 valence electrons. The molecular formula is C10H11N2O. The summed E-state index contributed by atoms with van der Waals surface area (Å²) in [7, 11) is 0. The lowest BCUT2D eigenvalue weighted by Gasteiger charge is -2.08. The zero-order valence-corrected chi connectivity index (χ0v) is 7.37. The summed E-state index contributed by atoms with van der Waals surface area (Å²) in [6.45, 7) is 1.73. The summed E-state index contributed by atoms with van der Waals surface area (Å²) in [6.07, 6.45) is 1.87. The van der Waals surface area contributed by atoms with E-state index in [1.807, 2.05) is 12.4 Å². The highest BCUT2D eigenvalue weighted by Crippen LogP contribution is 2.17. The number of benzene rings is 1. The van der Waals surface area contributed by atoms with Gasteiger partial charge in [-0.1, -0.05) is 31.2 Å². The first kappa shape index (κ1) is 9.45. The second-order valence-electron chi connectivity index (χ2n) is 2.84. The predicted molar refractivity (Wildman–Crippen MR) is 51.6 cm³/mol. The van der Waals surface area contributed by atoms with Crippen LogP contribution in [0.2, 0.25) is 0 Å². The molecule has 0 heterocycles. The Labute approximate surface area is 77.1 Å². The molecule has 0 spiro atoms. The Morgan fingerprint density at radius 3 is 2.69 bits per heavy atom. The Bertz CT molecular complexity index is 333. The maximum absolute atomic E-state index is 10.4.